The third-order valence-corrected chi connectivity index (χ3v) is 7.86. The zero-order chi connectivity index (χ0) is 26.7. The number of methoxy groups -OCH3 is 2. The Hall–Kier alpha value is -4.28. The summed E-state index contributed by atoms with van der Waals surface area (Å²) in [7, 11) is -0.940. The van der Waals surface area contributed by atoms with Gasteiger partial charge in [-0.25, -0.2) is 27.7 Å². The predicted molar refractivity (Wildman–Crippen MR) is 145 cm³/mol. The Morgan fingerprint density at radius 2 is 1.71 bits per heavy atom. The second-order valence-electron chi connectivity index (χ2n) is 8.16. The molecule has 0 N–H and O–H groups in total. The van der Waals surface area contributed by atoms with Crippen LogP contribution in [0.25, 0.3) is 22.0 Å². The number of anilines is 1. The average molecular weight is 548 g/mol. The van der Waals surface area contributed by atoms with Crippen molar-refractivity contribution in [3.05, 3.63) is 96.2 Å². The van der Waals surface area contributed by atoms with E-state index < -0.39 is 10.0 Å². The Morgan fingerprint density at radius 3 is 2.42 bits per heavy atom. The summed E-state index contributed by atoms with van der Waals surface area (Å²) in [4.78, 5) is 17.0. The van der Waals surface area contributed by atoms with Crippen molar-refractivity contribution in [1.29, 1.82) is 0 Å². The molecule has 2 aromatic carbocycles. The molecule has 38 heavy (non-hydrogen) atoms. The van der Waals surface area contributed by atoms with E-state index >= 15 is 0 Å². The molecule has 0 aliphatic rings. The number of fused-ring (bicyclic) bond motifs is 1. The predicted octanol–water partition coefficient (Wildman–Crippen LogP) is 5.15. The Bertz CT molecular complexity index is 1700. The van der Waals surface area contributed by atoms with Gasteiger partial charge in [-0.1, -0.05) is 29.8 Å². The number of nitrogens with zero attached hydrogens (tertiary/aromatic N) is 5. The van der Waals surface area contributed by atoms with E-state index in [4.69, 9.17) is 21.1 Å². The minimum Gasteiger partial charge on any atom is -0.497 e. The Balaban J connectivity index is 1.59. The van der Waals surface area contributed by atoms with E-state index in [1.165, 1.54) is 23.9 Å². The second kappa shape index (κ2) is 10.6. The molecular weight excluding hydrogens is 526 g/mol. The van der Waals surface area contributed by atoms with Crippen molar-refractivity contribution in [1.82, 2.24) is 19.9 Å². The lowest BCUT2D eigenvalue weighted by Crippen LogP contribution is -2.31. The summed E-state index contributed by atoms with van der Waals surface area (Å²) in [5, 5.41) is 1.71. The van der Waals surface area contributed by atoms with Gasteiger partial charge in [0.05, 0.1) is 36.9 Å². The van der Waals surface area contributed by atoms with E-state index in [1.54, 1.807) is 67.9 Å². The lowest BCUT2D eigenvalue weighted by Gasteiger charge is -2.24. The summed E-state index contributed by atoms with van der Waals surface area (Å²) in [6, 6.07) is 18.8. The fraction of sp³-hybridized carbons (Fsp3) is 0.111. The minimum absolute atomic E-state index is 0.0661. The number of ether oxygens (including phenoxy) is 2. The van der Waals surface area contributed by atoms with Crippen LogP contribution in [0.15, 0.2) is 90.3 Å². The molecule has 5 rings (SSSR count). The molecule has 192 valence electrons. The van der Waals surface area contributed by atoms with Crippen LogP contribution < -0.4 is 13.8 Å². The Labute approximate surface area is 224 Å². The fourth-order valence-electron chi connectivity index (χ4n) is 4.03. The molecule has 3 heterocycles. The first-order valence-corrected chi connectivity index (χ1v) is 13.2. The first-order valence-electron chi connectivity index (χ1n) is 11.4. The molecular formula is C27H22ClN5O4S. The number of pyridine rings is 2. The van der Waals surface area contributed by atoms with Gasteiger partial charge >= 0.3 is 0 Å². The summed E-state index contributed by atoms with van der Waals surface area (Å²) in [5.74, 6) is 1.25. The van der Waals surface area contributed by atoms with Crippen LogP contribution in [-0.4, -0.2) is 42.6 Å². The van der Waals surface area contributed by atoms with Crippen LogP contribution in [-0.2, 0) is 16.6 Å². The quantitative estimate of drug-likeness (QED) is 0.245. The highest BCUT2D eigenvalue weighted by Crippen LogP contribution is 2.35. The first kappa shape index (κ1) is 25.4. The molecule has 0 fully saturated rings. The summed E-state index contributed by atoms with van der Waals surface area (Å²) in [6.07, 6.45) is 4.43. The maximum Gasteiger partial charge on any atom is 0.265 e. The molecule has 5 aromatic rings. The number of benzene rings is 2. The summed E-state index contributed by atoms with van der Waals surface area (Å²) >= 11 is 6.03. The van der Waals surface area contributed by atoms with Gasteiger partial charge in [0.25, 0.3) is 10.0 Å². The molecule has 0 bridgehead atoms. The van der Waals surface area contributed by atoms with E-state index in [9.17, 15) is 8.42 Å². The summed E-state index contributed by atoms with van der Waals surface area (Å²) in [5.41, 5.74) is 2.00. The van der Waals surface area contributed by atoms with Gasteiger partial charge in [0, 0.05) is 23.8 Å². The monoisotopic (exact) mass is 547 g/mol. The molecule has 0 aliphatic carbocycles. The molecule has 0 saturated heterocycles. The van der Waals surface area contributed by atoms with Crippen molar-refractivity contribution < 1.29 is 17.9 Å². The van der Waals surface area contributed by atoms with Crippen LogP contribution in [0.2, 0.25) is 5.15 Å². The molecule has 0 aliphatic heterocycles. The number of aromatic nitrogens is 4. The summed E-state index contributed by atoms with van der Waals surface area (Å²) < 4.78 is 39.8. The molecule has 11 heteroatoms. The van der Waals surface area contributed by atoms with Crippen molar-refractivity contribution in [2.24, 2.45) is 0 Å². The van der Waals surface area contributed by atoms with Gasteiger partial charge in [0.15, 0.2) is 0 Å². The van der Waals surface area contributed by atoms with Crippen LogP contribution in [0.4, 0.5) is 5.82 Å². The maximum absolute atomic E-state index is 14.0. The van der Waals surface area contributed by atoms with Gasteiger partial charge in [-0.05, 0) is 53.4 Å². The van der Waals surface area contributed by atoms with Crippen molar-refractivity contribution in [3.63, 3.8) is 0 Å². The van der Waals surface area contributed by atoms with Crippen molar-refractivity contribution in [2.75, 3.05) is 18.5 Å². The molecule has 0 spiro atoms. The maximum atomic E-state index is 14.0. The normalized spacial score (nSPS) is 11.3. The number of hydrogen-bond acceptors (Lipinski definition) is 8. The van der Waals surface area contributed by atoms with Crippen LogP contribution >= 0.6 is 11.6 Å². The van der Waals surface area contributed by atoms with Crippen molar-refractivity contribution in [3.8, 4) is 22.9 Å². The molecule has 0 saturated carbocycles. The van der Waals surface area contributed by atoms with Gasteiger partial charge < -0.3 is 9.47 Å². The highest BCUT2D eigenvalue weighted by atomic mass is 35.5. The molecule has 9 nitrogen and oxygen atoms in total. The molecule has 0 radical (unpaired) electrons. The fourth-order valence-corrected chi connectivity index (χ4v) is 5.61. The van der Waals surface area contributed by atoms with Gasteiger partial charge in [0.1, 0.15) is 23.0 Å². The van der Waals surface area contributed by atoms with Crippen LogP contribution in [0.5, 0.6) is 11.6 Å². The lowest BCUT2D eigenvalue weighted by molar-refractivity contribution is 0.399. The van der Waals surface area contributed by atoms with E-state index in [1.807, 2.05) is 12.1 Å². The zero-order valence-corrected chi connectivity index (χ0v) is 22.0. The van der Waals surface area contributed by atoms with E-state index in [0.717, 1.165) is 10.9 Å². The van der Waals surface area contributed by atoms with Crippen LogP contribution in [0.1, 0.15) is 5.56 Å². The highest BCUT2D eigenvalue weighted by Gasteiger charge is 2.27. The third kappa shape index (κ3) is 4.96. The number of sulfonamides is 1. The standard InChI is InChI=1S/C27H22ClN5O4S/c1-36-20-5-3-18(4-6-20)16-33(25-12-13-29-17-31-25)38(34,35)21-7-8-22-19(15-21)11-14-30-26(22)23-9-10-24(28)32-27(23)37-2/h3-15,17H,16H2,1-2H3. The van der Waals surface area contributed by atoms with Crippen molar-refractivity contribution in [2.45, 2.75) is 11.4 Å². The van der Waals surface area contributed by atoms with Crippen molar-refractivity contribution >= 4 is 38.2 Å². The average Bonchev–Trinajstić information content (AvgIpc) is 2.96. The van der Waals surface area contributed by atoms with Crippen LogP contribution in [0, 0.1) is 0 Å². The third-order valence-electron chi connectivity index (χ3n) is 5.91. The smallest absolute Gasteiger partial charge is 0.265 e. The molecule has 0 amide bonds. The molecule has 0 atom stereocenters. The molecule has 3 aromatic heterocycles. The Kier molecular flexibility index (Phi) is 7.08. The zero-order valence-electron chi connectivity index (χ0n) is 20.4. The van der Waals surface area contributed by atoms with Gasteiger partial charge in [0.2, 0.25) is 5.88 Å². The number of hydrogen-bond donors (Lipinski definition) is 0. The molecule has 0 unspecified atom stereocenters. The SMILES string of the molecule is COc1ccc(CN(c2ccncn2)S(=O)(=O)c2ccc3c(-c4ccc(Cl)nc4OC)nccc3c2)cc1. The van der Waals surface area contributed by atoms with Gasteiger partial charge in [-0.2, -0.15) is 0 Å². The minimum atomic E-state index is -4.02. The van der Waals surface area contributed by atoms with Crippen LogP contribution in [0.3, 0.4) is 0 Å². The van der Waals surface area contributed by atoms with Gasteiger partial charge in [-0.3, -0.25) is 4.98 Å². The number of rotatable bonds is 8. The topological polar surface area (TPSA) is 107 Å². The largest absolute Gasteiger partial charge is 0.497 e. The number of halogens is 1. The van der Waals surface area contributed by atoms with E-state index in [-0.39, 0.29) is 17.3 Å². The van der Waals surface area contributed by atoms with E-state index in [2.05, 4.69) is 19.9 Å². The second-order valence-corrected chi connectivity index (χ2v) is 10.4. The van der Waals surface area contributed by atoms with E-state index in [0.29, 0.717) is 33.4 Å². The highest BCUT2D eigenvalue weighted by molar-refractivity contribution is 7.92. The summed E-state index contributed by atoms with van der Waals surface area (Å²) in [6.45, 7) is 0.0661. The Morgan fingerprint density at radius 1 is 0.895 bits per heavy atom. The lowest BCUT2D eigenvalue weighted by atomic mass is 10.1. The van der Waals surface area contributed by atoms with Gasteiger partial charge in [-0.15, -0.1) is 0 Å². The first-order chi connectivity index (χ1) is 18.4.